The Bertz CT molecular complexity index is 410. The fourth-order valence-electron chi connectivity index (χ4n) is 3.40. The summed E-state index contributed by atoms with van der Waals surface area (Å²) in [4.78, 5) is 1.46. The van der Waals surface area contributed by atoms with Gasteiger partial charge in [-0.05, 0) is 67.8 Å². The zero-order chi connectivity index (χ0) is 12.9. The summed E-state index contributed by atoms with van der Waals surface area (Å²) in [7, 11) is 0. The van der Waals surface area contributed by atoms with Crippen LogP contribution in [0.2, 0.25) is 0 Å². The molecule has 0 heterocycles. The summed E-state index contributed by atoms with van der Waals surface area (Å²) in [5.74, 6) is 2.16. The molecule has 2 heteroatoms. The van der Waals surface area contributed by atoms with Gasteiger partial charge in [0.2, 0.25) is 0 Å². The quantitative estimate of drug-likeness (QED) is 0.621. The maximum Gasteiger partial charge on any atom is 0.0106 e. The highest BCUT2D eigenvalue weighted by atomic mass is 32.2. The van der Waals surface area contributed by atoms with Crippen LogP contribution < -0.4 is 5.32 Å². The molecule has 0 atom stereocenters. The highest BCUT2D eigenvalue weighted by molar-refractivity contribution is 7.99. The molecule has 19 heavy (non-hydrogen) atoms. The molecule has 0 unspecified atom stereocenters. The number of benzene rings is 1. The zero-order valence-corrected chi connectivity index (χ0v) is 12.6. The Morgan fingerprint density at radius 2 is 1.89 bits per heavy atom. The van der Waals surface area contributed by atoms with Gasteiger partial charge in [-0.15, -0.1) is 11.8 Å². The summed E-state index contributed by atoms with van der Waals surface area (Å²) in [6, 6.07) is 7.08. The second-order valence-corrected chi connectivity index (χ2v) is 7.16. The fraction of sp³-hybridized carbons (Fsp3) is 0.647. The van der Waals surface area contributed by atoms with Gasteiger partial charge in [-0.25, -0.2) is 0 Å². The van der Waals surface area contributed by atoms with E-state index in [4.69, 9.17) is 0 Å². The van der Waals surface area contributed by atoms with Crippen LogP contribution in [-0.2, 0) is 12.8 Å². The van der Waals surface area contributed by atoms with Gasteiger partial charge in [0.05, 0.1) is 0 Å². The first-order chi connectivity index (χ1) is 9.42. The molecule has 2 aliphatic carbocycles. The van der Waals surface area contributed by atoms with Crippen molar-refractivity contribution in [1.82, 2.24) is 5.32 Å². The van der Waals surface area contributed by atoms with E-state index in [0.717, 1.165) is 12.5 Å². The van der Waals surface area contributed by atoms with Crippen LogP contribution in [0.5, 0.6) is 0 Å². The highest BCUT2D eigenvalue weighted by Gasteiger charge is 2.14. The molecule has 0 bridgehead atoms. The second kappa shape index (κ2) is 6.81. The Morgan fingerprint density at radius 3 is 2.79 bits per heavy atom. The normalized spacial score (nSPS) is 18.9. The lowest BCUT2D eigenvalue weighted by Gasteiger charge is -2.10. The van der Waals surface area contributed by atoms with Crippen molar-refractivity contribution < 1.29 is 0 Å². The summed E-state index contributed by atoms with van der Waals surface area (Å²) >= 11 is 2.01. The van der Waals surface area contributed by atoms with E-state index in [9.17, 15) is 0 Å². The summed E-state index contributed by atoms with van der Waals surface area (Å²) in [6.07, 6.45) is 9.75. The third kappa shape index (κ3) is 3.76. The minimum atomic E-state index is 0.963. The predicted octanol–water partition coefficient (Wildman–Crippen LogP) is 4.05. The molecule has 0 spiro atoms. The van der Waals surface area contributed by atoms with Crippen molar-refractivity contribution in [2.45, 2.75) is 49.8 Å². The van der Waals surface area contributed by atoms with Gasteiger partial charge in [0.15, 0.2) is 0 Å². The minimum Gasteiger partial charge on any atom is -0.316 e. The number of aryl methyl sites for hydroxylation is 2. The van der Waals surface area contributed by atoms with Crippen LogP contribution in [0.1, 0.15) is 43.2 Å². The fourth-order valence-corrected chi connectivity index (χ4v) is 4.27. The maximum atomic E-state index is 3.63. The molecule has 0 radical (unpaired) electrons. The smallest absolute Gasteiger partial charge is 0.0106 e. The van der Waals surface area contributed by atoms with Crippen LogP contribution >= 0.6 is 11.8 Å². The van der Waals surface area contributed by atoms with Crippen molar-refractivity contribution in [3.8, 4) is 0 Å². The number of hydrogen-bond acceptors (Lipinski definition) is 2. The van der Waals surface area contributed by atoms with Crippen LogP contribution in [0.3, 0.4) is 0 Å². The van der Waals surface area contributed by atoms with Gasteiger partial charge in [-0.2, -0.15) is 0 Å². The molecule has 1 aromatic rings. The first-order valence-corrected chi connectivity index (χ1v) is 8.86. The summed E-state index contributed by atoms with van der Waals surface area (Å²) in [5, 5.41) is 3.63. The third-order valence-electron chi connectivity index (χ3n) is 4.53. The van der Waals surface area contributed by atoms with E-state index in [-0.39, 0.29) is 0 Å². The number of nitrogens with one attached hydrogen (secondary N) is 1. The molecule has 1 saturated carbocycles. The van der Waals surface area contributed by atoms with Crippen molar-refractivity contribution in [2.24, 2.45) is 5.92 Å². The van der Waals surface area contributed by atoms with Crippen molar-refractivity contribution in [1.29, 1.82) is 0 Å². The molecule has 0 amide bonds. The third-order valence-corrected chi connectivity index (χ3v) is 5.52. The van der Waals surface area contributed by atoms with E-state index in [2.05, 4.69) is 23.5 Å². The molecule has 1 N–H and O–H groups in total. The first-order valence-electron chi connectivity index (χ1n) is 7.87. The number of fused-ring (bicyclic) bond motifs is 1. The van der Waals surface area contributed by atoms with E-state index in [1.165, 1.54) is 62.1 Å². The van der Waals surface area contributed by atoms with Gasteiger partial charge in [-0.1, -0.05) is 18.9 Å². The van der Waals surface area contributed by atoms with Crippen molar-refractivity contribution in [2.75, 3.05) is 18.8 Å². The van der Waals surface area contributed by atoms with Gasteiger partial charge < -0.3 is 5.32 Å². The van der Waals surface area contributed by atoms with Gasteiger partial charge in [0, 0.05) is 17.2 Å². The molecule has 3 rings (SSSR count). The van der Waals surface area contributed by atoms with Gasteiger partial charge >= 0.3 is 0 Å². The van der Waals surface area contributed by atoms with Crippen molar-refractivity contribution >= 4 is 11.8 Å². The van der Waals surface area contributed by atoms with Gasteiger partial charge in [-0.3, -0.25) is 0 Å². The molecule has 2 aliphatic rings. The van der Waals surface area contributed by atoms with E-state index in [0.29, 0.717) is 0 Å². The number of thioether (sulfide) groups is 1. The maximum absolute atomic E-state index is 3.63. The molecule has 0 saturated heterocycles. The Kier molecular flexibility index (Phi) is 4.84. The SMILES string of the molecule is c1cc2c(cc1SCCNCC1CCCC1)CCC2. The minimum absolute atomic E-state index is 0.963. The predicted molar refractivity (Wildman–Crippen MR) is 84.0 cm³/mol. The zero-order valence-electron chi connectivity index (χ0n) is 11.8. The van der Waals surface area contributed by atoms with Gasteiger partial charge in [0.1, 0.15) is 0 Å². The molecule has 1 nitrogen and oxygen atoms in total. The molecule has 0 aliphatic heterocycles. The molecule has 1 fully saturated rings. The Labute approximate surface area is 121 Å². The molecular weight excluding hydrogens is 250 g/mol. The largest absolute Gasteiger partial charge is 0.316 e. The van der Waals surface area contributed by atoms with Crippen LogP contribution in [0.25, 0.3) is 0 Å². The van der Waals surface area contributed by atoms with Crippen molar-refractivity contribution in [3.63, 3.8) is 0 Å². The highest BCUT2D eigenvalue weighted by Crippen LogP contribution is 2.27. The standard InChI is InChI=1S/C17H25NS/c1-2-5-14(4-1)13-18-10-11-19-17-9-8-15-6-3-7-16(15)12-17/h8-9,12,14,18H,1-7,10-11,13H2. The Balaban J connectivity index is 1.35. The molecule has 0 aromatic heterocycles. The summed E-state index contributed by atoms with van der Waals surface area (Å²) in [5.41, 5.74) is 3.19. The summed E-state index contributed by atoms with van der Waals surface area (Å²) < 4.78 is 0. The van der Waals surface area contributed by atoms with E-state index in [1.54, 1.807) is 11.1 Å². The van der Waals surface area contributed by atoms with Crippen molar-refractivity contribution in [3.05, 3.63) is 29.3 Å². The lowest BCUT2D eigenvalue weighted by Crippen LogP contribution is -2.23. The second-order valence-electron chi connectivity index (χ2n) is 5.99. The lowest BCUT2D eigenvalue weighted by atomic mass is 10.1. The average Bonchev–Trinajstić information content (AvgIpc) is 3.08. The topological polar surface area (TPSA) is 12.0 Å². The van der Waals surface area contributed by atoms with Crippen LogP contribution in [0.15, 0.2) is 23.1 Å². The van der Waals surface area contributed by atoms with Gasteiger partial charge in [0.25, 0.3) is 0 Å². The van der Waals surface area contributed by atoms with Crippen LogP contribution in [0, 0.1) is 5.92 Å². The van der Waals surface area contributed by atoms with Crippen LogP contribution in [-0.4, -0.2) is 18.8 Å². The van der Waals surface area contributed by atoms with E-state index in [1.807, 2.05) is 11.8 Å². The average molecular weight is 275 g/mol. The number of hydrogen-bond donors (Lipinski definition) is 1. The monoisotopic (exact) mass is 275 g/mol. The lowest BCUT2D eigenvalue weighted by molar-refractivity contribution is 0.500. The summed E-state index contributed by atoms with van der Waals surface area (Å²) in [6.45, 7) is 2.39. The molecule has 104 valence electrons. The van der Waals surface area contributed by atoms with E-state index < -0.39 is 0 Å². The Morgan fingerprint density at radius 1 is 1.05 bits per heavy atom. The number of rotatable bonds is 6. The Hall–Kier alpha value is -0.470. The molecular formula is C17H25NS. The van der Waals surface area contributed by atoms with Crippen LogP contribution in [0.4, 0.5) is 0 Å². The van der Waals surface area contributed by atoms with E-state index >= 15 is 0 Å². The first kappa shape index (κ1) is 13.5. The molecule has 1 aromatic carbocycles.